The van der Waals surface area contributed by atoms with Crippen molar-refractivity contribution in [3.8, 4) is 10.4 Å². The molecule has 6 nitrogen and oxygen atoms in total. The Kier molecular flexibility index (Phi) is 4.19. The van der Waals surface area contributed by atoms with Crippen LogP contribution in [0.25, 0.3) is 16.1 Å². The zero-order chi connectivity index (χ0) is 18.4. The zero-order valence-electron chi connectivity index (χ0n) is 15.6. The maximum atomic E-state index is 11.6. The molecule has 0 spiro atoms. The molecule has 0 bridgehead atoms. The van der Waals surface area contributed by atoms with Gasteiger partial charge in [0.2, 0.25) is 5.91 Å². The van der Waals surface area contributed by atoms with E-state index in [1.807, 2.05) is 16.3 Å². The van der Waals surface area contributed by atoms with E-state index in [0.29, 0.717) is 0 Å². The van der Waals surface area contributed by atoms with Crippen molar-refractivity contribution in [3.05, 3.63) is 34.5 Å². The van der Waals surface area contributed by atoms with Gasteiger partial charge in [0.15, 0.2) is 5.65 Å². The van der Waals surface area contributed by atoms with Crippen LogP contribution in [0, 0.1) is 20.8 Å². The Morgan fingerprint density at radius 3 is 2.46 bits per heavy atom. The maximum Gasteiger partial charge on any atom is 0.219 e. The first-order chi connectivity index (χ1) is 12.5. The number of carbonyl (C=O) groups is 1. The molecule has 0 N–H and O–H groups in total. The van der Waals surface area contributed by atoms with Crippen molar-refractivity contribution in [1.82, 2.24) is 19.5 Å². The summed E-state index contributed by atoms with van der Waals surface area (Å²) in [5.41, 5.74) is 5.20. The summed E-state index contributed by atoms with van der Waals surface area (Å²) in [5, 5.41) is 6.92. The summed E-state index contributed by atoms with van der Waals surface area (Å²) in [4.78, 5) is 21.9. The van der Waals surface area contributed by atoms with Crippen molar-refractivity contribution >= 4 is 28.7 Å². The third kappa shape index (κ3) is 2.67. The number of fused-ring (bicyclic) bond motifs is 1. The molecule has 0 saturated carbocycles. The van der Waals surface area contributed by atoms with Crippen molar-refractivity contribution in [3.63, 3.8) is 0 Å². The number of carbonyl (C=O) groups excluding carboxylic acids is 1. The lowest BCUT2D eigenvalue weighted by atomic mass is 10.2. The number of aryl methyl sites for hydroxylation is 2. The van der Waals surface area contributed by atoms with Gasteiger partial charge in [0.05, 0.1) is 11.3 Å². The van der Waals surface area contributed by atoms with Gasteiger partial charge in [-0.3, -0.25) is 4.79 Å². The predicted octanol–water partition coefficient (Wildman–Crippen LogP) is 3.05. The fourth-order valence-corrected chi connectivity index (χ4v) is 4.46. The molecular formula is C19H23N5OS. The Morgan fingerprint density at radius 2 is 1.85 bits per heavy atom. The normalized spacial score (nSPS) is 15.1. The summed E-state index contributed by atoms with van der Waals surface area (Å²) >= 11 is 1.71. The Morgan fingerprint density at radius 1 is 1.12 bits per heavy atom. The molecule has 1 amide bonds. The molecule has 3 aromatic heterocycles. The fraction of sp³-hybridized carbons (Fsp3) is 0.421. The van der Waals surface area contributed by atoms with Crippen LogP contribution in [0.2, 0.25) is 0 Å². The monoisotopic (exact) mass is 369 g/mol. The number of hydrogen-bond acceptors (Lipinski definition) is 5. The highest BCUT2D eigenvalue weighted by molar-refractivity contribution is 7.13. The average molecular weight is 369 g/mol. The van der Waals surface area contributed by atoms with Gasteiger partial charge in [0.1, 0.15) is 5.82 Å². The summed E-state index contributed by atoms with van der Waals surface area (Å²) in [7, 11) is 0. The molecule has 1 fully saturated rings. The van der Waals surface area contributed by atoms with Crippen LogP contribution in [0.5, 0.6) is 0 Å². The van der Waals surface area contributed by atoms with E-state index >= 15 is 0 Å². The molecule has 0 atom stereocenters. The fourth-order valence-electron chi connectivity index (χ4n) is 3.64. The molecule has 4 heterocycles. The topological polar surface area (TPSA) is 53.7 Å². The summed E-state index contributed by atoms with van der Waals surface area (Å²) in [6, 6.07) is 4.18. The number of rotatable bonds is 2. The lowest BCUT2D eigenvalue weighted by molar-refractivity contribution is -0.129. The van der Waals surface area contributed by atoms with Gasteiger partial charge in [-0.1, -0.05) is 6.07 Å². The molecular weight excluding hydrogens is 346 g/mol. The minimum Gasteiger partial charge on any atom is -0.353 e. The van der Waals surface area contributed by atoms with Crippen LogP contribution in [0.1, 0.15) is 23.9 Å². The minimum absolute atomic E-state index is 0.146. The predicted molar refractivity (Wildman–Crippen MR) is 105 cm³/mol. The number of thiophene rings is 1. The summed E-state index contributed by atoms with van der Waals surface area (Å²) < 4.78 is 2.00. The van der Waals surface area contributed by atoms with Gasteiger partial charge in [-0.15, -0.1) is 11.3 Å². The molecule has 26 heavy (non-hydrogen) atoms. The Bertz CT molecular complexity index is 968. The average Bonchev–Trinajstić information content (AvgIpc) is 3.23. The van der Waals surface area contributed by atoms with E-state index in [-0.39, 0.29) is 5.91 Å². The molecule has 3 aromatic rings. The highest BCUT2D eigenvalue weighted by Crippen LogP contribution is 2.34. The van der Waals surface area contributed by atoms with Crippen LogP contribution in [0.3, 0.4) is 0 Å². The molecule has 0 aromatic carbocycles. The van der Waals surface area contributed by atoms with E-state index in [9.17, 15) is 4.79 Å². The second-order valence-corrected chi connectivity index (χ2v) is 7.76. The molecule has 136 valence electrons. The van der Waals surface area contributed by atoms with Gasteiger partial charge in [-0.25, -0.2) is 4.98 Å². The minimum atomic E-state index is 0.146. The second kappa shape index (κ2) is 6.39. The van der Waals surface area contributed by atoms with Crippen LogP contribution in [-0.2, 0) is 4.79 Å². The number of anilines is 1. The highest BCUT2D eigenvalue weighted by Gasteiger charge is 2.25. The largest absolute Gasteiger partial charge is 0.353 e. The van der Waals surface area contributed by atoms with Gasteiger partial charge >= 0.3 is 0 Å². The van der Waals surface area contributed by atoms with Crippen molar-refractivity contribution < 1.29 is 4.79 Å². The SMILES string of the molecule is CC(=O)N1CCN(c2c(C)c(C)nc3c(-c4cccs4)c(C)nn23)CC1. The molecule has 1 aliphatic rings. The van der Waals surface area contributed by atoms with Crippen LogP contribution in [0.4, 0.5) is 5.82 Å². The van der Waals surface area contributed by atoms with Gasteiger partial charge in [-0.05, 0) is 32.2 Å². The number of hydrogen-bond donors (Lipinski definition) is 0. The molecule has 1 saturated heterocycles. The zero-order valence-corrected chi connectivity index (χ0v) is 16.4. The van der Waals surface area contributed by atoms with Crippen molar-refractivity contribution in [1.29, 1.82) is 0 Å². The van der Waals surface area contributed by atoms with Gasteiger partial charge in [0, 0.05) is 49.2 Å². The summed E-state index contributed by atoms with van der Waals surface area (Å²) in [5.74, 6) is 1.24. The second-order valence-electron chi connectivity index (χ2n) is 6.81. The van der Waals surface area contributed by atoms with Crippen LogP contribution in [0.15, 0.2) is 17.5 Å². The van der Waals surface area contributed by atoms with E-state index in [2.05, 4.69) is 36.3 Å². The summed E-state index contributed by atoms with van der Waals surface area (Å²) in [6.45, 7) is 11.0. The van der Waals surface area contributed by atoms with E-state index in [1.165, 1.54) is 4.88 Å². The number of amides is 1. The lowest BCUT2D eigenvalue weighted by Crippen LogP contribution is -2.48. The maximum absolute atomic E-state index is 11.6. The third-order valence-electron chi connectivity index (χ3n) is 5.18. The molecule has 7 heteroatoms. The molecule has 0 unspecified atom stereocenters. The van der Waals surface area contributed by atoms with Crippen molar-refractivity contribution in [2.75, 3.05) is 31.1 Å². The highest BCUT2D eigenvalue weighted by atomic mass is 32.1. The van der Waals surface area contributed by atoms with E-state index in [1.54, 1.807) is 18.3 Å². The molecule has 0 radical (unpaired) electrons. The quantitative estimate of drug-likeness (QED) is 0.697. The smallest absolute Gasteiger partial charge is 0.219 e. The van der Waals surface area contributed by atoms with Crippen molar-refractivity contribution in [2.45, 2.75) is 27.7 Å². The van der Waals surface area contributed by atoms with Crippen LogP contribution >= 0.6 is 11.3 Å². The van der Waals surface area contributed by atoms with Gasteiger partial charge in [-0.2, -0.15) is 9.61 Å². The Labute approximate surface area is 157 Å². The van der Waals surface area contributed by atoms with Gasteiger partial charge < -0.3 is 9.80 Å². The lowest BCUT2D eigenvalue weighted by Gasteiger charge is -2.36. The summed E-state index contributed by atoms with van der Waals surface area (Å²) in [6.07, 6.45) is 0. The van der Waals surface area contributed by atoms with Crippen molar-refractivity contribution in [2.24, 2.45) is 0 Å². The Hall–Kier alpha value is -2.41. The molecule has 4 rings (SSSR count). The number of aromatic nitrogens is 3. The first-order valence-electron chi connectivity index (χ1n) is 8.88. The standard InChI is InChI=1S/C19H23N5OS/c1-12-13(2)20-18-17(16-6-5-11-26-16)14(3)21-24(18)19(12)23-9-7-22(8-10-23)15(4)25/h5-6,11H,7-10H2,1-4H3. The van der Waals surface area contributed by atoms with E-state index in [0.717, 1.165) is 60.2 Å². The first kappa shape index (κ1) is 17.0. The molecule has 1 aliphatic heterocycles. The number of piperazine rings is 1. The van der Waals surface area contributed by atoms with E-state index < -0.39 is 0 Å². The van der Waals surface area contributed by atoms with E-state index in [4.69, 9.17) is 10.1 Å². The number of nitrogens with zero attached hydrogens (tertiary/aromatic N) is 5. The molecule has 0 aliphatic carbocycles. The Balaban J connectivity index is 1.84. The van der Waals surface area contributed by atoms with Gasteiger partial charge in [0.25, 0.3) is 0 Å². The third-order valence-corrected chi connectivity index (χ3v) is 6.07. The van der Waals surface area contributed by atoms with Crippen LogP contribution in [-0.4, -0.2) is 51.6 Å². The first-order valence-corrected chi connectivity index (χ1v) is 9.76. The van der Waals surface area contributed by atoms with Crippen LogP contribution < -0.4 is 4.90 Å².